The second-order valence-electron chi connectivity index (χ2n) is 9.95. The van der Waals surface area contributed by atoms with Crippen LogP contribution in [0.1, 0.15) is 50.4 Å². The summed E-state index contributed by atoms with van der Waals surface area (Å²) in [7, 11) is 0. The largest absolute Gasteiger partial charge is 0.383 e. The van der Waals surface area contributed by atoms with Gasteiger partial charge in [-0.15, -0.1) is 0 Å². The molecule has 4 heterocycles. The van der Waals surface area contributed by atoms with Gasteiger partial charge >= 0.3 is 0 Å². The zero-order chi connectivity index (χ0) is 26.9. The van der Waals surface area contributed by atoms with Gasteiger partial charge in [-0.3, -0.25) is 14.4 Å². The first kappa shape index (κ1) is 24.8. The van der Waals surface area contributed by atoms with Crippen LogP contribution >= 0.6 is 0 Å². The number of hydrogen-bond donors (Lipinski definition) is 3. The Kier molecular flexibility index (Phi) is 6.55. The summed E-state index contributed by atoms with van der Waals surface area (Å²) in [5.41, 5.74) is 4.70. The zero-order valence-electron chi connectivity index (χ0n) is 21.3. The number of amides is 2. The summed E-state index contributed by atoms with van der Waals surface area (Å²) < 4.78 is 14.9. The highest BCUT2D eigenvalue weighted by Crippen LogP contribution is 2.25. The second-order valence-corrected chi connectivity index (χ2v) is 9.95. The highest BCUT2D eigenvalue weighted by Gasteiger charge is 2.26. The molecular weight excluding hydrogens is 501 g/mol. The lowest BCUT2D eigenvalue weighted by atomic mass is 9.99. The molecule has 2 aromatic heterocycles. The number of carbonyl (C=O) groups excluding carboxylic acids is 2. The first-order valence-electron chi connectivity index (χ1n) is 13.1. The van der Waals surface area contributed by atoms with Crippen LogP contribution in [0.4, 0.5) is 10.1 Å². The van der Waals surface area contributed by atoms with Gasteiger partial charge in [0.05, 0.1) is 34.3 Å². The number of carbonyl (C=O) groups is 2. The van der Waals surface area contributed by atoms with Crippen LogP contribution in [0.3, 0.4) is 0 Å². The van der Waals surface area contributed by atoms with Gasteiger partial charge in [0.25, 0.3) is 17.4 Å². The summed E-state index contributed by atoms with van der Waals surface area (Å²) in [6.07, 6.45) is 4.06. The summed E-state index contributed by atoms with van der Waals surface area (Å²) in [5, 5.41) is 10.0. The third kappa shape index (κ3) is 4.87. The molecule has 0 bridgehead atoms. The van der Waals surface area contributed by atoms with Crippen LogP contribution in [0.15, 0.2) is 47.5 Å². The molecule has 2 aliphatic rings. The number of benzene rings is 2. The summed E-state index contributed by atoms with van der Waals surface area (Å²) in [5.74, 6) is -1.11. The van der Waals surface area contributed by atoms with Crippen molar-refractivity contribution in [3.05, 3.63) is 86.8 Å². The van der Waals surface area contributed by atoms with Crippen LogP contribution in [0, 0.1) is 5.82 Å². The van der Waals surface area contributed by atoms with Gasteiger partial charge in [-0.1, -0.05) is 6.07 Å². The number of imidazole rings is 1. The summed E-state index contributed by atoms with van der Waals surface area (Å²) >= 11 is 0. The zero-order valence-corrected chi connectivity index (χ0v) is 21.3. The number of anilines is 1. The van der Waals surface area contributed by atoms with Crippen molar-refractivity contribution >= 4 is 28.5 Å². The molecule has 0 unspecified atom stereocenters. The molecule has 1 saturated heterocycles. The Morgan fingerprint density at radius 1 is 0.974 bits per heavy atom. The highest BCUT2D eigenvalue weighted by molar-refractivity contribution is 5.98. The van der Waals surface area contributed by atoms with Gasteiger partial charge in [-0.25, -0.2) is 14.5 Å². The molecule has 0 radical (unpaired) electrons. The van der Waals surface area contributed by atoms with Crippen molar-refractivity contribution in [1.29, 1.82) is 0 Å². The minimum absolute atomic E-state index is 0.0109. The molecule has 0 aliphatic carbocycles. The Bertz CT molecular complexity index is 1630. The molecule has 2 amide bonds. The van der Waals surface area contributed by atoms with E-state index >= 15 is 0 Å². The van der Waals surface area contributed by atoms with Crippen LogP contribution < -0.4 is 10.9 Å². The van der Waals surface area contributed by atoms with Crippen molar-refractivity contribution in [2.75, 3.05) is 38.0 Å². The van der Waals surface area contributed by atoms with E-state index in [-0.39, 0.29) is 17.0 Å². The van der Waals surface area contributed by atoms with Crippen LogP contribution in [0.2, 0.25) is 0 Å². The van der Waals surface area contributed by atoms with E-state index in [1.54, 1.807) is 46.5 Å². The van der Waals surface area contributed by atoms with Gasteiger partial charge in [0, 0.05) is 50.3 Å². The normalized spacial score (nSPS) is 15.5. The first-order valence-corrected chi connectivity index (χ1v) is 13.1. The molecule has 200 valence electrons. The van der Waals surface area contributed by atoms with Crippen molar-refractivity contribution in [1.82, 2.24) is 30.0 Å². The van der Waals surface area contributed by atoms with Crippen molar-refractivity contribution in [3.8, 4) is 0 Å². The van der Waals surface area contributed by atoms with Gasteiger partial charge in [-0.05, 0) is 55.2 Å². The molecule has 39 heavy (non-hydrogen) atoms. The lowest BCUT2D eigenvalue weighted by molar-refractivity contribution is 0.0716. The predicted octanol–water partition coefficient (Wildman–Crippen LogP) is 2.72. The minimum atomic E-state index is -0.594. The maximum atomic E-state index is 14.9. The average Bonchev–Trinajstić information content (AvgIpc) is 3.30. The molecule has 11 heteroatoms. The number of aromatic amines is 2. The van der Waals surface area contributed by atoms with E-state index in [1.807, 2.05) is 0 Å². The molecule has 10 nitrogen and oxygen atoms in total. The molecule has 1 fully saturated rings. The van der Waals surface area contributed by atoms with Gasteiger partial charge in [0.15, 0.2) is 0 Å². The Balaban J connectivity index is 1.17. The number of aromatic nitrogens is 4. The number of halogens is 1. The smallest absolute Gasteiger partial charge is 0.269 e. The van der Waals surface area contributed by atoms with E-state index in [9.17, 15) is 18.8 Å². The van der Waals surface area contributed by atoms with Gasteiger partial charge in [0.2, 0.25) is 0 Å². The van der Waals surface area contributed by atoms with E-state index in [1.165, 1.54) is 6.07 Å². The lowest BCUT2D eigenvalue weighted by Crippen LogP contribution is -2.37. The van der Waals surface area contributed by atoms with E-state index in [0.29, 0.717) is 62.3 Å². The third-order valence-corrected chi connectivity index (χ3v) is 7.43. The number of nitrogens with zero attached hydrogens (tertiary/aromatic N) is 4. The third-order valence-electron chi connectivity index (χ3n) is 7.43. The van der Waals surface area contributed by atoms with Crippen LogP contribution in [0.25, 0.3) is 11.0 Å². The maximum absolute atomic E-state index is 14.9. The first-order chi connectivity index (χ1) is 19.0. The predicted molar refractivity (Wildman–Crippen MR) is 143 cm³/mol. The van der Waals surface area contributed by atoms with Gasteiger partial charge < -0.3 is 20.1 Å². The number of nitrogens with one attached hydrogen (secondary N) is 3. The van der Waals surface area contributed by atoms with Gasteiger partial charge in [-0.2, -0.15) is 5.10 Å². The molecule has 4 aromatic rings. The average molecular weight is 530 g/mol. The Hall–Kier alpha value is -4.54. The van der Waals surface area contributed by atoms with Crippen LogP contribution in [-0.2, 0) is 12.8 Å². The minimum Gasteiger partial charge on any atom is -0.383 e. The van der Waals surface area contributed by atoms with Crippen molar-refractivity contribution < 1.29 is 14.0 Å². The molecule has 0 atom stereocenters. The molecule has 6 rings (SSSR count). The molecular formula is C28H28FN7O3. The van der Waals surface area contributed by atoms with Crippen LogP contribution in [-0.4, -0.2) is 74.5 Å². The fourth-order valence-corrected chi connectivity index (χ4v) is 5.37. The number of hydrogen-bond acceptors (Lipinski definition) is 6. The van der Waals surface area contributed by atoms with Crippen molar-refractivity contribution in [2.45, 2.75) is 25.7 Å². The highest BCUT2D eigenvalue weighted by atomic mass is 19.1. The van der Waals surface area contributed by atoms with Gasteiger partial charge in [0.1, 0.15) is 5.82 Å². The molecule has 3 N–H and O–H groups in total. The number of H-pyrrole nitrogens is 2. The second kappa shape index (κ2) is 10.3. The monoisotopic (exact) mass is 529 g/mol. The van der Waals surface area contributed by atoms with Crippen LogP contribution in [0.5, 0.6) is 0 Å². The SMILES string of the molecule is O=C(c1ccc2nc[nH]c2c1)N1CCCN(C(=O)c2cc(Cc3n[nH]c(=O)c4c3NCCC4)ccc2F)CC1. The lowest BCUT2D eigenvalue weighted by Gasteiger charge is -2.23. The summed E-state index contributed by atoms with van der Waals surface area (Å²) in [6.45, 7) is 2.34. The number of fused-ring (bicyclic) bond motifs is 2. The van der Waals surface area contributed by atoms with E-state index in [2.05, 4.69) is 25.5 Å². The standard InChI is InChI=1S/C28H28FN7O3/c29-21-6-4-17(14-24-25-19(3-1-8-30-25)26(37)34-33-24)13-20(21)28(39)36-10-2-9-35(11-12-36)27(38)18-5-7-22-23(15-18)32-16-31-22/h4-7,13,15-16,30H,1-3,8-12,14H2,(H,31,32)(H,34,37). The summed E-state index contributed by atoms with van der Waals surface area (Å²) in [6, 6.07) is 9.83. The molecule has 2 aliphatic heterocycles. The molecule has 0 spiro atoms. The summed E-state index contributed by atoms with van der Waals surface area (Å²) in [4.78, 5) is 49.3. The maximum Gasteiger partial charge on any atom is 0.269 e. The topological polar surface area (TPSA) is 127 Å². The fourth-order valence-electron chi connectivity index (χ4n) is 5.37. The molecule has 2 aromatic carbocycles. The Morgan fingerprint density at radius 2 is 1.79 bits per heavy atom. The van der Waals surface area contributed by atoms with E-state index in [4.69, 9.17) is 0 Å². The Morgan fingerprint density at radius 3 is 2.64 bits per heavy atom. The Labute approximate surface area is 223 Å². The quantitative estimate of drug-likeness (QED) is 0.373. The van der Waals surface area contributed by atoms with Crippen molar-refractivity contribution in [2.24, 2.45) is 0 Å². The van der Waals surface area contributed by atoms with E-state index < -0.39 is 11.7 Å². The van der Waals surface area contributed by atoms with E-state index in [0.717, 1.165) is 35.2 Å². The fraction of sp³-hybridized carbons (Fsp3) is 0.321. The number of rotatable bonds is 4. The van der Waals surface area contributed by atoms with Crippen molar-refractivity contribution in [3.63, 3.8) is 0 Å². The molecule has 0 saturated carbocycles.